The van der Waals surface area contributed by atoms with Gasteiger partial charge < -0.3 is 13.9 Å². The van der Waals surface area contributed by atoms with Crippen molar-refractivity contribution in [2.75, 3.05) is 25.0 Å². The van der Waals surface area contributed by atoms with E-state index in [0.717, 1.165) is 37.2 Å². The lowest BCUT2D eigenvalue weighted by molar-refractivity contribution is 0.102. The van der Waals surface area contributed by atoms with Crippen LogP contribution in [-0.2, 0) is 6.54 Å². The number of para-hydroxylation sites is 2. The van der Waals surface area contributed by atoms with Crippen molar-refractivity contribution in [3.8, 4) is 10.8 Å². The number of hydrogen-bond donors (Lipinski definition) is 1. The minimum absolute atomic E-state index is 0.279. The molecule has 0 saturated carbocycles. The number of hydrogen-bond acceptors (Lipinski definition) is 6. The molecular formula is C21H23N5O2S. The maximum Gasteiger partial charge on any atom is 0.277 e. The van der Waals surface area contributed by atoms with E-state index in [4.69, 9.17) is 4.42 Å². The van der Waals surface area contributed by atoms with Crippen LogP contribution in [0.25, 0.3) is 21.8 Å². The van der Waals surface area contributed by atoms with E-state index < -0.39 is 0 Å². The van der Waals surface area contributed by atoms with Crippen molar-refractivity contribution in [2.24, 2.45) is 0 Å². The molecule has 1 amide bonds. The van der Waals surface area contributed by atoms with Gasteiger partial charge in [-0.1, -0.05) is 26.0 Å². The van der Waals surface area contributed by atoms with Gasteiger partial charge in [-0.15, -0.1) is 11.3 Å². The number of carbonyl (C=O) groups excluding carboxylic acids is 1. The van der Waals surface area contributed by atoms with Crippen molar-refractivity contribution in [1.82, 2.24) is 19.4 Å². The standard InChI is InChI=1S/C21H23N5O2S/c1-3-25(4-2)11-12-26-17-9-6-5-8-15(17)23-21(26)24-19(27)16-14-29-20(22-16)18-10-7-13-28-18/h5-10,13-14H,3-4,11-12H2,1-2H3,(H,23,24,27). The summed E-state index contributed by atoms with van der Waals surface area (Å²) in [5.74, 6) is 0.912. The van der Waals surface area contributed by atoms with Crippen LogP contribution in [0.5, 0.6) is 0 Å². The first kappa shape index (κ1) is 19.4. The largest absolute Gasteiger partial charge is 0.462 e. The summed E-state index contributed by atoms with van der Waals surface area (Å²) in [7, 11) is 0. The minimum Gasteiger partial charge on any atom is -0.462 e. The lowest BCUT2D eigenvalue weighted by Gasteiger charge is -2.19. The number of anilines is 1. The fraction of sp³-hybridized carbons (Fsp3) is 0.286. The van der Waals surface area contributed by atoms with Gasteiger partial charge in [-0.25, -0.2) is 9.97 Å². The second kappa shape index (κ2) is 8.59. The number of aromatic nitrogens is 3. The quantitative estimate of drug-likeness (QED) is 0.468. The van der Waals surface area contributed by atoms with Gasteiger partial charge in [-0.05, 0) is 37.4 Å². The van der Waals surface area contributed by atoms with E-state index in [2.05, 4.69) is 38.6 Å². The Morgan fingerprint density at radius 1 is 1.17 bits per heavy atom. The Morgan fingerprint density at radius 3 is 2.76 bits per heavy atom. The minimum atomic E-state index is -0.279. The van der Waals surface area contributed by atoms with Crippen molar-refractivity contribution in [2.45, 2.75) is 20.4 Å². The van der Waals surface area contributed by atoms with Gasteiger partial charge in [0.1, 0.15) is 5.69 Å². The number of likely N-dealkylation sites (N-methyl/N-ethyl adjacent to an activating group) is 1. The average molecular weight is 410 g/mol. The molecule has 0 unspecified atom stereocenters. The fourth-order valence-electron chi connectivity index (χ4n) is 3.24. The third-order valence-electron chi connectivity index (χ3n) is 4.88. The molecule has 3 aromatic heterocycles. The lowest BCUT2D eigenvalue weighted by atomic mass is 10.3. The highest BCUT2D eigenvalue weighted by Crippen LogP contribution is 2.25. The number of fused-ring (bicyclic) bond motifs is 1. The summed E-state index contributed by atoms with van der Waals surface area (Å²) in [5.41, 5.74) is 2.21. The number of furan rings is 1. The molecule has 0 fully saturated rings. The molecule has 0 spiro atoms. The Kier molecular flexibility index (Phi) is 5.73. The van der Waals surface area contributed by atoms with Crippen molar-refractivity contribution in [1.29, 1.82) is 0 Å². The normalized spacial score (nSPS) is 11.4. The zero-order chi connectivity index (χ0) is 20.2. The van der Waals surface area contributed by atoms with E-state index in [-0.39, 0.29) is 5.91 Å². The number of nitrogens with one attached hydrogen (secondary N) is 1. The number of imidazole rings is 1. The third-order valence-corrected chi connectivity index (χ3v) is 5.74. The van der Waals surface area contributed by atoms with Gasteiger partial charge in [0.05, 0.1) is 17.3 Å². The number of carbonyl (C=O) groups is 1. The number of thiazole rings is 1. The molecule has 0 aliphatic carbocycles. The molecule has 1 N–H and O–H groups in total. The highest BCUT2D eigenvalue weighted by atomic mass is 32.1. The number of nitrogens with zero attached hydrogens (tertiary/aromatic N) is 4. The van der Waals surface area contributed by atoms with E-state index in [1.165, 1.54) is 11.3 Å². The molecule has 0 saturated heterocycles. The van der Waals surface area contributed by atoms with Crippen LogP contribution in [0.15, 0.2) is 52.5 Å². The van der Waals surface area contributed by atoms with Crippen LogP contribution in [0, 0.1) is 0 Å². The molecule has 7 nitrogen and oxygen atoms in total. The van der Waals surface area contributed by atoms with E-state index in [1.54, 1.807) is 17.7 Å². The zero-order valence-electron chi connectivity index (χ0n) is 16.5. The topological polar surface area (TPSA) is 76.2 Å². The monoisotopic (exact) mass is 409 g/mol. The van der Waals surface area contributed by atoms with Crippen molar-refractivity contribution in [3.05, 3.63) is 53.7 Å². The Labute approximate surface area is 173 Å². The number of benzene rings is 1. The van der Waals surface area contributed by atoms with Gasteiger partial charge in [-0.3, -0.25) is 10.1 Å². The van der Waals surface area contributed by atoms with E-state index in [0.29, 0.717) is 22.4 Å². The zero-order valence-corrected chi connectivity index (χ0v) is 17.3. The maximum atomic E-state index is 12.8. The van der Waals surface area contributed by atoms with Gasteiger partial charge >= 0.3 is 0 Å². The molecule has 29 heavy (non-hydrogen) atoms. The second-order valence-corrected chi connectivity index (χ2v) is 7.43. The summed E-state index contributed by atoms with van der Waals surface area (Å²) in [6, 6.07) is 11.5. The number of rotatable bonds is 8. The smallest absolute Gasteiger partial charge is 0.277 e. The molecule has 4 aromatic rings. The van der Waals surface area contributed by atoms with Crippen molar-refractivity contribution < 1.29 is 9.21 Å². The molecule has 150 valence electrons. The lowest BCUT2D eigenvalue weighted by Crippen LogP contribution is -2.27. The Hall–Kier alpha value is -2.97. The molecule has 0 aliphatic rings. The summed E-state index contributed by atoms with van der Waals surface area (Å²) in [4.78, 5) is 24.2. The molecule has 3 heterocycles. The maximum absolute atomic E-state index is 12.8. The molecule has 0 aliphatic heterocycles. The summed E-state index contributed by atoms with van der Waals surface area (Å²) < 4.78 is 7.42. The molecule has 4 rings (SSSR count). The van der Waals surface area contributed by atoms with E-state index in [1.807, 2.05) is 30.3 Å². The van der Waals surface area contributed by atoms with Crippen molar-refractivity contribution in [3.63, 3.8) is 0 Å². The third kappa shape index (κ3) is 4.08. The molecule has 8 heteroatoms. The Morgan fingerprint density at radius 2 is 2.00 bits per heavy atom. The molecule has 0 radical (unpaired) electrons. The summed E-state index contributed by atoms with van der Waals surface area (Å²) in [6.07, 6.45) is 1.59. The van der Waals surface area contributed by atoms with E-state index in [9.17, 15) is 4.79 Å². The van der Waals surface area contributed by atoms with Crippen LogP contribution < -0.4 is 5.32 Å². The SMILES string of the molecule is CCN(CC)CCn1c(NC(=O)c2csc(-c3ccco3)n2)nc2ccccc21. The van der Waals surface area contributed by atoms with Crippen LogP contribution >= 0.6 is 11.3 Å². The van der Waals surface area contributed by atoms with Crippen molar-refractivity contribution >= 4 is 34.2 Å². The first-order chi connectivity index (χ1) is 14.2. The summed E-state index contributed by atoms with van der Waals surface area (Å²) in [6.45, 7) is 7.90. The average Bonchev–Trinajstić information content (AvgIpc) is 3.48. The molecule has 0 bridgehead atoms. The predicted octanol–water partition coefficient (Wildman–Crippen LogP) is 4.35. The fourth-order valence-corrected chi connectivity index (χ4v) is 4.00. The first-order valence-electron chi connectivity index (χ1n) is 9.68. The molecule has 1 aromatic carbocycles. The van der Waals surface area contributed by atoms with Gasteiger partial charge in [0.2, 0.25) is 5.95 Å². The van der Waals surface area contributed by atoms with Gasteiger partial charge in [-0.2, -0.15) is 0 Å². The second-order valence-electron chi connectivity index (χ2n) is 6.57. The van der Waals surface area contributed by atoms with Gasteiger partial charge in [0.25, 0.3) is 5.91 Å². The first-order valence-corrected chi connectivity index (χ1v) is 10.6. The Bertz CT molecular complexity index is 1100. The van der Waals surface area contributed by atoms with Crippen LogP contribution in [0.1, 0.15) is 24.3 Å². The highest BCUT2D eigenvalue weighted by molar-refractivity contribution is 7.13. The van der Waals surface area contributed by atoms with Crippen LogP contribution in [0.3, 0.4) is 0 Å². The van der Waals surface area contributed by atoms with E-state index >= 15 is 0 Å². The van der Waals surface area contributed by atoms with Gasteiger partial charge in [0, 0.05) is 18.5 Å². The number of amides is 1. The summed E-state index contributed by atoms with van der Waals surface area (Å²) >= 11 is 1.38. The summed E-state index contributed by atoms with van der Waals surface area (Å²) in [5, 5.41) is 5.35. The molecular weight excluding hydrogens is 386 g/mol. The van der Waals surface area contributed by atoms with Crippen LogP contribution in [-0.4, -0.2) is 45.0 Å². The van der Waals surface area contributed by atoms with Crippen LogP contribution in [0.2, 0.25) is 0 Å². The van der Waals surface area contributed by atoms with Crippen LogP contribution in [0.4, 0.5) is 5.95 Å². The molecule has 0 atom stereocenters. The predicted molar refractivity (Wildman–Crippen MR) is 115 cm³/mol. The Balaban J connectivity index is 1.58. The van der Waals surface area contributed by atoms with Gasteiger partial charge in [0.15, 0.2) is 10.8 Å². The highest BCUT2D eigenvalue weighted by Gasteiger charge is 2.18.